The van der Waals surface area contributed by atoms with Crippen LogP contribution in [-0.4, -0.2) is 49.1 Å². The van der Waals surface area contributed by atoms with Crippen molar-refractivity contribution >= 4 is 9.84 Å². The first-order chi connectivity index (χ1) is 8.97. The highest BCUT2D eigenvalue weighted by Gasteiger charge is 2.21. The van der Waals surface area contributed by atoms with Crippen molar-refractivity contribution in [2.45, 2.75) is 5.16 Å². The zero-order chi connectivity index (χ0) is 14.0. The molecule has 0 atom stereocenters. The number of sulfone groups is 1. The number of hydrogen-bond donors (Lipinski definition) is 0. The standard InChI is InChI=1S/C10H12N4O4S/c1-17-7-4-5-8(9(6-7)18-2)14-10(11-12-13-14)19(3,15)16/h4-6H,1-3H3. The smallest absolute Gasteiger partial charge is 0.272 e. The summed E-state index contributed by atoms with van der Waals surface area (Å²) in [5.74, 6) is 0.978. The minimum atomic E-state index is -3.54. The maximum atomic E-state index is 11.6. The maximum absolute atomic E-state index is 11.6. The van der Waals surface area contributed by atoms with E-state index in [4.69, 9.17) is 9.47 Å². The summed E-state index contributed by atoms with van der Waals surface area (Å²) in [6.45, 7) is 0. The number of ether oxygens (including phenoxy) is 2. The van der Waals surface area contributed by atoms with E-state index in [1.807, 2.05) is 0 Å². The summed E-state index contributed by atoms with van der Waals surface area (Å²) in [4.78, 5) is 0. The summed E-state index contributed by atoms with van der Waals surface area (Å²) in [5.41, 5.74) is 0.411. The van der Waals surface area contributed by atoms with Crippen molar-refractivity contribution < 1.29 is 17.9 Å². The van der Waals surface area contributed by atoms with Gasteiger partial charge in [-0.2, -0.15) is 4.68 Å². The number of methoxy groups -OCH3 is 2. The second-order valence-corrected chi connectivity index (χ2v) is 5.59. The average Bonchev–Trinajstić information content (AvgIpc) is 2.86. The van der Waals surface area contributed by atoms with Crippen LogP contribution >= 0.6 is 0 Å². The Labute approximate surface area is 109 Å². The van der Waals surface area contributed by atoms with Crippen molar-refractivity contribution in [3.05, 3.63) is 18.2 Å². The van der Waals surface area contributed by atoms with Crippen molar-refractivity contribution in [1.29, 1.82) is 0 Å². The Bertz CT molecular complexity index is 695. The second kappa shape index (κ2) is 4.84. The molecule has 0 spiro atoms. The molecule has 0 bridgehead atoms. The molecule has 0 aliphatic carbocycles. The third kappa shape index (κ3) is 2.50. The topological polar surface area (TPSA) is 96.2 Å². The summed E-state index contributed by atoms with van der Waals surface area (Å²) in [6, 6.07) is 4.89. The highest BCUT2D eigenvalue weighted by molar-refractivity contribution is 7.90. The number of aromatic nitrogens is 4. The van der Waals surface area contributed by atoms with Gasteiger partial charge in [0.05, 0.1) is 14.2 Å². The normalized spacial score (nSPS) is 11.3. The van der Waals surface area contributed by atoms with E-state index in [0.29, 0.717) is 17.2 Å². The quantitative estimate of drug-likeness (QED) is 0.784. The number of nitrogens with zero attached hydrogens (tertiary/aromatic N) is 4. The van der Waals surface area contributed by atoms with E-state index in [-0.39, 0.29) is 5.16 Å². The van der Waals surface area contributed by atoms with Gasteiger partial charge in [-0.05, 0) is 22.6 Å². The predicted octanol–water partition coefficient (Wildman–Crippen LogP) is 0.0830. The van der Waals surface area contributed by atoms with Gasteiger partial charge in [0.1, 0.15) is 17.2 Å². The van der Waals surface area contributed by atoms with Crippen molar-refractivity contribution in [2.75, 3.05) is 20.5 Å². The zero-order valence-electron chi connectivity index (χ0n) is 10.6. The van der Waals surface area contributed by atoms with Gasteiger partial charge in [-0.3, -0.25) is 0 Å². The van der Waals surface area contributed by atoms with Gasteiger partial charge in [-0.25, -0.2) is 8.42 Å². The van der Waals surface area contributed by atoms with Gasteiger partial charge in [0.25, 0.3) is 5.16 Å². The molecule has 8 nitrogen and oxygen atoms in total. The van der Waals surface area contributed by atoms with E-state index in [1.54, 1.807) is 18.2 Å². The van der Waals surface area contributed by atoms with Crippen LogP contribution in [0.5, 0.6) is 11.5 Å². The van der Waals surface area contributed by atoms with Gasteiger partial charge in [0, 0.05) is 12.3 Å². The molecule has 1 heterocycles. The Hall–Kier alpha value is -2.16. The highest BCUT2D eigenvalue weighted by Crippen LogP contribution is 2.28. The molecule has 0 fully saturated rings. The van der Waals surface area contributed by atoms with Gasteiger partial charge in [-0.1, -0.05) is 5.10 Å². The van der Waals surface area contributed by atoms with Gasteiger partial charge in [-0.15, -0.1) is 0 Å². The highest BCUT2D eigenvalue weighted by atomic mass is 32.2. The van der Waals surface area contributed by atoms with E-state index in [2.05, 4.69) is 15.5 Å². The minimum Gasteiger partial charge on any atom is -0.497 e. The Morgan fingerprint density at radius 3 is 2.53 bits per heavy atom. The zero-order valence-corrected chi connectivity index (χ0v) is 11.4. The Kier molecular flexibility index (Phi) is 3.38. The molecule has 0 aliphatic heterocycles. The lowest BCUT2D eigenvalue weighted by atomic mass is 10.3. The Morgan fingerprint density at radius 1 is 1.21 bits per heavy atom. The van der Waals surface area contributed by atoms with Gasteiger partial charge in [0.15, 0.2) is 0 Å². The second-order valence-electron chi connectivity index (χ2n) is 3.68. The van der Waals surface area contributed by atoms with Crippen LogP contribution in [0.2, 0.25) is 0 Å². The average molecular weight is 284 g/mol. The summed E-state index contributed by atoms with van der Waals surface area (Å²) >= 11 is 0. The first-order valence-electron chi connectivity index (χ1n) is 5.18. The lowest BCUT2D eigenvalue weighted by molar-refractivity contribution is 0.391. The molecule has 0 unspecified atom stereocenters. The molecular weight excluding hydrogens is 272 g/mol. The molecule has 102 valence electrons. The Balaban J connectivity index is 2.63. The van der Waals surface area contributed by atoms with Gasteiger partial charge >= 0.3 is 0 Å². The monoisotopic (exact) mass is 284 g/mol. The summed E-state index contributed by atoms with van der Waals surface area (Å²) < 4.78 is 34.5. The molecule has 1 aromatic carbocycles. The van der Waals surface area contributed by atoms with Gasteiger partial charge < -0.3 is 9.47 Å². The first-order valence-corrected chi connectivity index (χ1v) is 7.07. The van der Waals surface area contributed by atoms with Crippen LogP contribution in [0.3, 0.4) is 0 Å². The molecule has 2 aromatic rings. The van der Waals surface area contributed by atoms with Crippen LogP contribution < -0.4 is 9.47 Å². The number of tetrazole rings is 1. The molecule has 19 heavy (non-hydrogen) atoms. The molecule has 0 radical (unpaired) electrons. The third-order valence-electron chi connectivity index (χ3n) is 2.39. The largest absolute Gasteiger partial charge is 0.497 e. The molecular formula is C10H12N4O4S. The fourth-order valence-corrected chi connectivity index (χ4v) is 2.16. The van der Waals surface area contributed by atoms with Crippen molar-refractivity contribution in [3.8, 4) is 17.2 Å². The van der Waals surface area contributed by atoms with Crippen LogP contribution in [0.25, 0.3) is 5.69 Å². The minimum absolute atomic E-state index is 0.254. The predicted molar refractivity (Wildman–Crippen MR) is 65.4 cm³/mol. The van der Waals surface area contributed by atoms with E-state index in [0.717, 1.165) is 10.9 Å². The SMILES string of the molecule is COc1ccc(-n2nnnc2S(C)(=O)=O)c(OC)c1. The molecule has 0 saturated carbocycles. The van der Waals surface area contributed by atoms with Gasteiger partial charge in [0.2, 0.25) is 9.84 Å². The molecule has 9 heteroatoms. The summed E-state index contributed by atoms with van der Waals surface area (Å²) in [5, 5.41) is 10.3. The van der Waals surface area contributed by atoms with Crippen LogP contribution in [0, 0.1) is 0 Å². The lowest BCUT2D eigenvalue weighted by Crippen LogP contribution is -2.10. The van der Waals surface area contributed by atoms with E-state index < -0.39 is 9.84 Å². The summed E-state index contributed by atoms with van der Waals surface area (Å²) in [6.07, 6.45) is 1.03. The number of benzene rings is 1. The molecule has 1 aromatic heterocycles. The van der Waals surface area contributed by atoms with Crippen molar-refractivity contribution in [3.63, 3.8) is 0 Å². The van der Waals surface area contributed by atoms with Crippen LogP contribution in [0.4, 0.5) is 0 Å². The fraction of sp³-hybridized carbons (Fsp3) is 0.300. The van der Waals surface area contributed by atoms with Crippen LogP contribution in [-0.2, 0) is 9.84 Å². The number of hydrogen-bond acceptors (Lipinski definition) is 7. The van der Waals surface area contributed by atoms with E-state index in [9.17, 15) is 8.42 Å². The van der Waals surface area contributed by atoms with E-state index >= 15 is 0 Å². The van der Waals surface area contributed by atoms with Crippen molar-refractivity contribution in [2.24, 2.45) is 0 Å². The molecule has 0 saturated heterocycles. The molecule has 2 rings (SSSR count). The molecule has 0 N–H and O–H groups in total. The fourth-order valence-electron chi connectivity index (χ4n) is 1.52. The number of rotatable bonds is 4. The van der Waals surface area contributed by atoms with Crippen molar-refractivity contribution in [1.82, 2.24) is 20.2 Å². The molecule has 0 amide bonds. The lowest BCUT2D eigenvalue weighted by Gasteiger charge is -2.10. The summed E-state index contributed by atoms with van der Waals surface area (Å²) in [7, 11) is -0.557. The first kappa shape index (κ1) is 13.3. The Morgan fingerprint density at radius 2 is 1.95 bits per heavy atom. The van der Waals surface area contributed by atoms with E-state index in [1.165, 1.54) is 14.2 Å². The van der Waals surface area contributed by atoms with Crippen LogP contribution in [0.15, 0.2) is 23.4 Å². The third-order valence-corrected chi connectivity index (χ3v) is 3.31. The van der Waals surface area contributed by atoms with Crippen LogP contribution in [0.1, 0.15) is 0 Å². The molecule has 0 aliphatic rings. The maximum Gasteiger partial charge on any atom is 0.272 e.